The number of Topliss-reactive ketones (excluding diaryl/α,β-unsaturated/α-hetero) is 1. The highest BCUT2D eigenvalue weighted by atomic mass is 16.5. The van der Waals surface area contributed by atoms with E-state index in [1.165, 1.54) is 0 Å². The molecule has 0 aromatic heterocycles. The van der Waals surface area contributed by atoms with E-state index in [1.807, 2.05) is 20.8 Å². The molecule has 0 saturated heterocycles. The molecule has 19 heavy (non-hydrogen) atoms. The summed E-state index contributed by atoms with van der Waals surface area (Å²) in [5.74, 6) is -0.452. The molecule has 0 atom stereocenters. The standard InChI is InChI=1S/C14H23NO4/c1-13(2,3)11(17)7-10(19-9-16)8-12(18)15-14(4,5)6/h8-9H,7H2,1-6H3,(H,15,18)/b10-8-. The number of carbonyl (C=O) groups excluding carboxylic acids is 3. The molecule has 5 heteroatoms. The predicted molar refractivity (Wildman–Crippen MR) is 72.2 cm³/mol. The van der Waals surface area contributed by atoms with Gasteiger partial charge in [-0.15, -0.1) is 0 Å². The Kier molecular flexibility index (Phi) is 5.93. The zero-order valence-electron chi connectivity index (χ0n) is 12.5. The average Bonchev–Trinajstić information content (AvgIpc) is 2.12. The number of hydrogen-bond acceptors (Lipinski definition) is 4. The van der Waals surface area contributed by atoms with Gasteiger partial charge in [-0.3, -0.25) is 14.4 Å². The molecule has 0 bridgehead atoms. The Morgan fingerprint density at radius 2 is 1.63 bits per heavy atom. The van der Waals surface area contributed by atoms with E-state index in [1.54, 1.807) is 20.8 Å². The molecule has 108 valence electrons. The first-order valence-electron chi connectivity index (χ1n) is 6.12. The molecular formula is C14H23NO4. The Morgan fingerprint density at radius 1 is 1.11 bits per heavy atom. The van der Waals surface area contributed by atoms with Crippen molar-refractivity contribution in [1.29, 1.82) is 0 Å². The Bertz CT molecular complexity index is 383. The minimum atomic E-state index is -0.550. The maximum absolute atomic E-state index is 11.8. The highest BCUT2D eigenvalue weighted by molar-refractivity contribution is 5.91. The molecule has 0 saturated carbocycles. The smallest absolute Gasteiger partial charge is 0.298 e. The highest BCUT2D eigenvalue weighted by Crippen LogP contribution is 2.19. The van der Waals surface area contributed by atoms with Crippen LogP contribution >= 0.6 is 0 Å². The van der Waals surface area contributed by atoms with Gasteiger partial charge in [0.15, 0.2) is 0 Å². The lowest BCUT2D eigenvalue weighted by Crippen LogP contribution is -2.39. The fourth-order valence-corrected chi connectivity index (χ4v) is 1.16. The Balaban J connectivity index is 4.87. The van der Waals surface area contributed by atoms with Crippen molar-refractivity contribution in [3.63, 3.8) is 0 Å². The molecule has 0 aliphatic carbocycles. The van der Waals surface area contributed by atoms with Crippen molar-refractivity contribution < 1.29 is 19.1 Å². The van der Waals surface area contributed by atoms with Crippen LogP contribution < -0.4 is 5.32 Å². The van der Waals surface area contributed by atoms with Crippen LogP contribution in [0.1, 0.15) is 48.0 Å². The van der Waals surface area contributed by atoms with Crippen molar-refractivity contribution in [3.05, 3.63) is 11.8 Å². The number of ether oxygens (including phenoxy) is 1. The van der Waals surface area contributed by atoms with Gasteiger partial charge < -0.3 is 10.1 Å². The van der Waals surface area contributed by atoms with E-state index in [2.05, 4.69) is 5.32 Å². The molecule has 0 aromatic rings. The lowest BCUT2D eigenvalue weighted by molar-refractivity contribution is -0.128. The number of ketones is 1. The summed E-state index contributed by atoms with van der Waals surface area (Å²) in [6.07, 6.45) is 1.06. The monoisotopic (exact) mass is 269 g/mol. The summed E-state index contributed by atoms with van der Waals surface area (Å²) in [5, 5.41) is 2.70. The SMILES string of the molecule is CC(C)(C)NC(=O)/C=C(/CC(=O)C(C)(C)C)OC=O. The van der Waals surface area contributed by atoms with E-state index in [0.717, 1.165) is 6.08 Å². The van der Waals surface area contributed by atoms with E-state index in [0.29, 0.717) is 0 Å². The van der Waals surface area contributed by atoms with Crippen LogP contribution in [0.15, 0.2) is 11.8 Å². The number of hydrogen-bond donors (Lipinski definition) is 1. The lowest BCUT2D eigenvalue weighted by atomic mass is 9.88. The van der Waals surface area contributed by atoms with Gasteiger partial charge in [-0.25, -0.2) is 0 Å². The number of rotatable bonds is 5. The van der Waals surface area contributed by atoms with Crippen LogP contribution in [0.5, 0.6) is 0 Å². The van der Waals surface area contributed by atoms with Crippen LogP contribution in [0.25, 0.3) is 0 Å². The summed E-state index contributed by atoms with van der Waals surface area (Å²) in [7, 11) is 0. The van der Waals surface area contributed by atoms with E-state index in [9.17, 15) is 14.4 Å². The van der Waals surface area contributed by atoms with Gasteiger partial charge in [0.1, 0.15) is 11.5 Å². The first kappa shape index (κ1) is 17.4. The van der Waals surface area contributed by atoms with Crippen molar-refractivity contribution in [2.24, 2.45) is 5.41 Å². The molecule has 0 unspecified atom stereocenters. The minimum absolute atomic E-state index is 0.0525. The Morgan fingerprint density at radius 3 is 2.00 bits per heavy atom. The van der Waals surface area contributed by atoms with E-state index in [-0.39, 0.29) is 24.4 Å². The molecule has 0 spiro atoms. The molecule has 0 heterocycles. The molecule has 0 rings (SSSR count). The quantitative estimate of drug-likeness (QED) is 0.470. The lowest BCUT2D eigenvalue weighted by Gasteiger charge is -2.20. The van der Waals surface area contributed by atoms with Crippen molar-refractivity contribution >= 4 is 18.2 Å². The van der Waals surface area contributed by atoms with Gasteiger partial charge in [-0.05, 0) is 20.8 Å². The number of carbonyl (C=O) groups is 3. The van der Waals surface area contributed by atoms with Crippen molar-refractivity contribution in [3.8, 4) is 0 Å². The largest absolute Gasteiger partial charge is 0.433 e. The molecule has 0 aliphatic heterocycles. The second-order valence-corrected chi connectivity index (χ2v) is 6.41. The van der Waals surface area contributed by atoms with E-state index >= 15 is 0 Å². The molecule has 5 nitrogen and oxygen atoms in total. The summed E-state index contributed by atoms with van der Waals surface area (Å²) >= 11 is 0. The van der Waals surface area contributed by atoms with Crippen molar-refractivity contribution in [2.75, 3.05) is 0 Å². The molecule has 0 aromatic carbocycles. The zero-order chi connectivity index (χ0) is 15.3. The van der Waals surface area contributed by atoms with Crippen LogP contribution in [0.2, 0.25) is 0 Å². The fraction of sp³-hybridized carbons (Fsp3) is 0.643. The van der Waals surface area contributed by atoms with Gasteiger partial charge >= 0.3 is 0 Å². The van der Waals surface area contributed by atoms with Crippen LogP contribution in [-0.2, 0) is 19.1 Å². The molecule has 1 amide bonds. The van der Waals surface area contributed by atoms with E-state index < -0.39 is 16.9 Å². The molecule has 0 aliphatic rings. The normalized spacial score (nSPS) is 12.8. The van der Waals surface area contributed by atoms with Gasteiger partial charge in [-0.1, -0.05) is 20.8 Å². The highest BCUT2D eigenvalue weighted by Gasteiger charge is 2.23. The van der Waals surface area contributed by atoms with Gasteiger partial charge in [0, 0.05) is 17.0 Å². The average molecular weight is 269 g/mol. The van der Waals surface area contributed by atoms with Gasteiger partial charge in [0.25, 0.3) is 6.47 Å². The molecule has 0 radical (unpaired) electrons. The van der Waals surface area contributed by atoms with Crippen molar-refractivity contribution in [2.45, 2.75) is 53.5 Å². The van der Waals surface area contributed by atoms with Crippen molar-refractivity contribution in [1.82, 2.24) is 5.32 Å². The topological polar surface area (TPSA) is 72.5 Å². The van der Waals surface area contributed by atoms with Crippen LogP contribution in [0.3, 0.4) is 0 Å². The number of allylic oxidation sites excluding steroid dienone is 1. The van der Waals surface area contributed by atoms with Crippen LogP contribution in [0, 0.1) is 5.41 Å². The third-order valence-corrected chi connectivity index (χ3v) is 2.16. The predicted octanol–water partition coefficient (Wildman–Crippen LogP) is 1.96. The summed E-state index contributed by atoms with van der Waals surface area (Å²) in [6.45, 7) is 11.0. The van der Waals surface area contributed by atoms with E-state index in [4.69, 9.17) is 4.74 Å². The summed E-state index contributed by atoms with van der Waals surface area (Å²) < 4.78 is 4.69. The minimum Gasteiger partial charge on any atom is -0.433 e. The van der Waals surface area contributed by atoms with Gasteiger partial charge in [0.05, 0.1) is 6.42 Å². The van der Waals surface area contributed by atoms with Gasteiger partial charge in [-0.2, -0.15) is 0 Å². The summed E-state index contributed by atoms with van der Waals surface area (Å²) in [6, 6.07) is 0. The second-order valence-electron chi connectivity index (χ2n) is 6.41. The maximum atomic E-state index is 11.8. The maximum Gasteiger partial charge on any atom is 0.298 e. The Labute approximate surface area is 114 Å². The number of nitrogens with one attached hydrogen (secondary N) is 1. The molecule has 0 fully saturated rings. The summed E-state index contributed by atoms with van der Waals surface area (Å²) in [5.41, 5.74) is -0.945. The fourth-order valence-electron chi connectivity index (χ4n) is 1.16. The first-order chi connectivity index (χ1) is 8.45. The number of amides is 1. The van der Waals surface area contributed by atoms with Crippen LogP contribution in [0.4, 0.5) is 0 Å². The molecule has 1 N–H and O–H groups in total. The Hall–Kier alpha value is -1.65. The third kappa shape index (κ3) is 8.13. The second kappa shape index (κ2) is 6.50. The van der Waals surface area contributed by atoms with Crippen LogP contribution in [-0.4, -0.2) is 23.7 Å². The summed E-state index contributed by atoms with van der Waals surface area (Å²) in [4.78, 5) is 33.9. The van der Waals surface area contributed by atoms with Gasteiger partial charge in [0.2, 0.25) is 5.91 Å². The first-order valence-corrected chi connectivity index (χ1v) is 6.12. The zero-order valence-corrected chi connectivity index (χ0v) is 12.5. The third-order valence-electron chi connectivity index (χ3n) is 2.16. The molecular weight excluding hydrogens is 246 g/mol.